The molecule has 1 N–H and O–H groups in total. The Balaban J connectivity index is 1.80. The van der Waals surface area contributed by atoms with E-state index in [2.05, 4.69) is 4.72 Å². The molecule has 0 aromatic heterocycles. The molecule has 1 aromatic rings. The molecule has 2 aliphatic heterocycles. The summed E-state index contributed by atoms with van der Waals surface area (Å²) in [5.74, 6) is 0.195. The lowest BCUT2D eigenvalue weighted by molar-refractivity contribution is 0.0789. The van der Waals surface area contributed by atoms with Crippen LogP contribution in [0.15, 0.2) is 23.1 Å². The van der Waals surface area contributed by atoms with Crippen molar-refractivity contribution >= 4 is 15.9 Å². The number of carbonyl (C=O) groups excluding carboxylic acids is 1. The molecule has 1 aromatic carbocycles. The average Bonchev–Trinajstić information content (AvgIpc) is 3.32. The minimum atomic E-state index is -3.71. The summed E-state index contributed by atoms with van der Waals surface area (Å²) in [4.78, 5) is 14.5. The maximum atomic E-state index is 12.7. The highest BCUT2D eigenvalue weighted by molar-refractivity contribution is 7.89. The van der Waals surface area contributed by atoms with Gasteiger partial charge in [-0.3, -0.25) is 4.79 Å². The number of hydrogen-bond acceptors (Lipinski definition) is 5. The number of nitrogens with zero attached hydrogens (tertiary/aromatic N) is 1. The van der Waals surface area contributed by atoms with Gasteiger partial charge in [0.2, 0.25) is 10.0 Å². The molecule has 138 valence electrons. The van der Waals surface area contributed by atoms with Gasteiger partial charge >= 0.3 is 0 Å². The summed E-state index contributed by atoms with van der Waals surface area (Å²) < 4.78 is 38.4. The van der Waals surface area contributed by atoms with Gasteiger partial charge in [0.1, 0.15) is 5.75 Å². The zero-order valence-electron chi connectivity index (χ0n) is 14.4. The summed E-state index contributed by atoms with van der Waals surface area (Å²) in [5.41, 5.74) is 0.282. The van der Waals surface area contributed by atoms with Crippen molar-refractivity contribution in [2.45, 2.75) is 36.7 Å². The van der Waals surface area contributed by atoms with Gasteiger partial charge in [-0.25, -0.2) is 13.1 Å². The zero-order valence-corrected chi connectivity index (χ0v) is 15.2. The monoisotopic (exact) mass is 368 g/mol. The lowest BCUT2D eigenvalue weighted by atomic mass is 10.1. The SMILES string of the molecule is COc1ccc(S(=O)(=O)NCC2CCCO2)cc1C(=O)N1CCCC1. The topological polar surface area (TPSA) is 84.9 Å². The fourth-order valence-electron chi connectivity index (χ4n) is 3.20. The fraction of sp³-hybridized carbons (Fsp3) is 0.588. The largest absolute Gasteiger partial charge is 0.496 e. The maximum Gasteiger partial charge on any atom is 0.257 e. The predicted molar refractivity (Wildman–Crippen MR) is 92.3 cm³/mol. The average molecular weight is 368 g/mol. The van der Waals surface area contributed by atoms with Gasteiger partial charge in [0.05, 0.1) is 23.7 Å². The molecule has 0 bridgehead atoms. The number of benzene rings is 1. The van der Waals surface area contributed by atoms with Crippen LogP contribution in [0.5, 0.6) is 5.75 Å². The van der Waals surface area contributed by atoms with E-state index in [0.717, 1.165) is 25.7 Å². The molecule has 7 nitrogen and oxygen atoms in total. The van der Waals surface area contributed by atoms with Crippen molar-refractivity contribution < 1.29 is 22.7 Å². The second-order valence-corrected chi connectivity index (χ2v) is 8.12. The first-order chi connectivity index (χ1) is 12.0. The second-order valence-electron chi connectivity index (χ2n) is 6.35. The molecule has 0 spiro atoms. The van der Waals surface area contributed by atoms with Crippen molar-refractivity contribution in [3.63, 3.8) is 0 Å². The molecule has 2 aliphatic rings. The van der Waals surface area contributed by atoms with Crippen LogP contribution in [0.25, 0.3) is 0 Å². The number of likely N-dealkylation sites (tertiary alicyclic amines) is 1. The molecular weight excluding hydrogens is 344 g/mol. The van der Waals surface area contributed by atoms with Crippen LogP contribution in [0.4, 0.5) is 0 Å². The third-order valence-electron chi connectivity index (χ3n) is 4.63. The van der Waals surface area contributed by atoms with Crippen molar-refractivity contribution in [2.24, 2.45) is 0 Å². The molecule has 1 unspecified atom stereocenters. The van der Waals surface area contributed by atoms with Crippen molar-refractivity contribution in [2.75, 3.05) is 33.4 Å². The molecule has 0 radical (unpaired) electrons. The van der Waals surface area contributed by atoms with Crippen molar-refractivity contribution in [1.29, 1.82) is 0 Å². The number of amides is 1. The quantitative estimate of drug-likeness (QED) is 0.820. The second kappa shape index (κ2) is 7.72. The van der Waals surface area contributed by atoms with E-state index in [9.17, 15) is 13.2 Å². The minimum absolute atomic E-state index is 0.0637. The van der Waals surface area contributed by atoms with Gasteiger partial charge in [-0.15, -0.1) is 0 Å². The molecule has 2 fully saturated rings. The molecule has 2 saturated heterocycles. The van der Waals surface area contributed by atoms with E-state index in [1.165, 1.54) is 25.3 Å². The van der Waals surface area contributed by atoms with Crippen LogP contribution in [0, 0.1) is 0 Å². The summed E-state index contributed by atoms with van der Waals surface area (Å²) in [6, 6.07) is 4.39. The summed E-state index contributed by atoms with van der Waals surface area (Å²) in [5, 5.41) is 0. The Labute approximate surface area is 148 Å². The molecule has 0 saturated carbocycles. The van der Waals surface area contributed by atoms with E-state index in [1.54, 1.807) is 4.90 Å². The number of nitrogens with one attached hydrogen (secondary N) is 1. The van der Waals surface area contributed by atoms with Crippen LogP contribution in [0.1, 0.15) is 36.0 Å². The van der Waals surface area contributed by atoms with Gasteiger partial charge in [-0.2, -0.15) is 0 Å². The molecule has 0 aliphatic carbocycles. The predicted octanol–water partition coefficient (Wildman–Crippen LogP) is 1.39. The van der Waals surface area contributed by atoms with Crippen molar-refractivity contribution in [1.82, 2.24) is 9.62 Å². The summed E-state index contributed by atoms with van der Waals surface area (Å²) >= 11 is 0. The van der Waals surface area contributed by atoms with Gasteiger partial charge in [0, 0.05) is 26.2 Å². The first-order valence-electron chi connectivity index (χ1n) is 8.60. The van der Waals surface area contributed by atoms with E-state index in [0.29, 0.717) is 25.4 Å². The van der Waals surface area contributed by atoms with Gasteiger partial charge in [-0.1, -0.05) is 0 Å². The number of rotatable bonds is 6. The highest BCUT2D eigenvalue weighted by atomic mass is 32.2. The van der Waals surface area contributed by atoms with E-state index in [1.807, 2.05) is 0 Å². The third kappa shape index (κ3) is 4.13. The highest BCUT2D eigenvalue weighted by Gasteiger charge is 2.26. The van der Waals surface area contributed by atoms with Crippen LogP contribution in [0.2, 0.25) is 0 Å². The van der Waals surface area contributed by atoms with Gasteiger partial charge in [-0.05, 0) is 43.9 Å². The van der Waals surface area contributed by atoms with Gasteiger partial charge < -0.3 is 14.4 Å². The summed E-state index contributed by atoms with van der Waals surface area (Å²) in [7, 11) is -2.24. The van der Waals surface area contributed by atoms with Crippen molar-refractivity contribution in [3.05, 3.63) is 23.8 Å². The van der Waals surface area contributed by atoms with Crippen molar-refractivity contribution in [3.8, 4) is 5.75 Å². The molecule has 3 rings (SSSR count). The van der Waals surface area contributed by atoms with Crippen LogP contribution >= 0.6 is 0 Å². The molecule has 8 heteroatoms. The number of hydrogen-bond donors (Lipinski definition) is 1. The normalized spacial score (nSPS) is 20.8. The molecule has 1 atom stereocenters. The maximum absolute atomic E-state index is 12.7. The number of carbonyl (C=O) groups is 1. The molecule has 2 heterocycles. The van der Waals surface area contributed by atoms with E-state index in [-0.39, 0.29) is 29.0 Å². The Morgan fingerprint density at radius 3 is 2.72 bits per heavy atom. The number of ether oxygens (including phenoxy) is 2. The number of methoxy groups -OCH3 is 1. The standard InChI is InChI=1S/C17H24N2O5S/c1-23-16-7-6-14(11-15(16)17(20)19-8-2-3-9-19)25(21,22)18-12-13-5-4-10-24-13/h6-7,11,13,18H,2-5,8-10,12H2,1H3. The Kier molecular flexibility index (Phi) is 5.61. The lowest BCUT2D eigenvalue weighted by Crippen LogP contribution is -2.32. The van der Waals surface area contributed by atoms with E-state index in [4.69, 9.17) is 9.47 Å². The Hall–Kier alpha value is -1.64. The number of sulfonamides is 1. The molecule has 1 amide bonds. The van der Waals surface area contributed by atoms with Gasteiger partial charge in [0.15, 0.2) is 0 Å². The van der Waals surface area contributed by atoms with Crippen LogP contribution in [-0.4, -0.2) is 58.7 Å². The first-order valence-corrected chi connectivity index (χ1v) is 10.1. The van der Waals surface area contributed by atoms with E-state index < -0.39 is 10.0 Å². The summed E-state index contributed by atoms with van der Waals surface area (Å²) in [6.45, 7) is 2.29. The van der Waals surface area contributed by atoms with E-state index >= 15 is 0 Å². The lowest BCUT2D eigenvalue weighted by Gasteiger charge is -2.18. The Morgan fingerprint density at radius 2 is 2.08 bits per heavy atom. The third-order valence-corrected chi connectivity index (χ3v) is 6.05. The smallest absolute Gasteiger partial charge is 0.257 e. The molecular formula is C17H24N2O5S. The Morgan fingerprint density at radius 1 is 1.32 bits per heavy atom. The highest BCUT2D eigenvalue weighted by Crippen LogP contribution is 2.25. The first kappa shape index (κ1) is 18.2. The molecule has 25 heavy (non-hydrogen) atoms. The van der Waals surface area contributed by atoms with Crippen LogP contribution in [-0.2, 0) is 14.8 Å². The van der Waals surface area contributed by atoms with Gasteiger partial charge in [0.25, 0.3) is 5.91 Å². The fourth-order valence-corrected chi connectivity index (χ4v) is 4.30. The zero-order chi connectivity index (χ0) is 17.9. The minimum Gasteiger partial charge on any atom is -0.496 e. The van der Waals surface area contributed by atoms with Crippen LogP contribution < -0.4 is 9.46 Å². The summed E-state index contributed by atoms with van der Waals surface area (Å²) in [6.07, 6.45) is 3.65. The van der Waals surface area contributed by atoms with Crippen LogP contribution in [0.3, 0.4) is 0 Å². The Bertz CT molecular complexity index is 723.